The SMILES string of the molecule is CC1CCCC(CC(=O)NC(CN)C2CC2)C1.Cl. The Morgan fingerprint density at radius 1 is 1.33 bits per heavy atom. The molecule has 0 radical (unpaired) electrons. The van der Waals surface area contributed by atoms with Gasteiger partial charge in [0.1, 0.15) is 0 Å². The molecule has 18 heavy (non-hydrogen) atoms. The Balaban J connectivity index is 0.00000162. The van der Waals surface area contributed by atoms with Crippen molar-refractivity contribution >= 4 is 18.3 Å². The molecule has 2 fully saturated rings. The van der Waals surface area contributed by atoms with E-state index < -0.39 is 0 Å². The van der Waals surface area contributed by atoms with Crippen molar-refractivity contribution in [2.75, 3.05) is 6.54 Å². The summed E-state index contributed by atoms with van der Waals surface area (Å²) in [5, 5.41) is 3.13. The number of hydrogen-bond acceptors (Lipinski definition) is 2. The van der Waals surface area contributed by atoms with Gasteiger partial charge in [-0.1, -0.05) is 19.8 Å². The Morgan fingerprint density at radius 2 is 2.06 bits per heavy atom. The van der Waals surface area contributed by atoms with Gasteiger partial charge in [0.25, 0.3) is 0 Å². The first-order valence-electron chi connectivity index (χ1n) is 7.18. The van der Waals surface area contributed by atoms with E-state index in [1.165, 1.54) is 38.5 Å². The average Bonchev–Trinajstić information content (AvgIpc) is 3.09. The predicted molar refractivity (Wildman–Crippen MR) is 76.7 cm³/mol. The van der Waals surface area contributed by atoms with E-state index in [1.54, 1.807) is 0 Å². The summed E-state index contributed by atoms with van der Waals surface area (Å²) in [4.78, 5) is 12.0. The largest absolute Gasteiger partial charge is 0.352 e. The third-order valence-corrected chi connectivity index (χ3v) is 4.31. The molecule has 0 aromatic carbocycles. The van der Waals surface area contributed by atoms with Crippen molar-refractivity contribution < 1.29 is 4.79 Å². The Labute approximate surface area is 117 Å². The molecule has 3 unspecified atom stereocenters. The Kier molecular flexibility index (Phi) is 6.44. The van der Waals surface area contributed by atoms with Crippen LogP contribution in [0, 0.1) is 17.8 Å². The molecule has 0 aromatic rings. The lowest BCUT2D eigenvalue weighted by Gasteiger charge is -2.27. The van der Waals surface area contributed by atoms with Crippen molar-refractivity contribution in [3.8, 4) is 0 Å². The van der Waals surface area contributed by atoms with Crippen LogP contribution in [0.2, 0.25) is 0 Å². The molecule has 3 nitrogen and oxygen atoms in total. The van der Waals surface area contributed by atoms with E-state index >= 15 is 0 Å². The number of halogens is 1. The van der Waals surface area contributed by atoms with Crippen LogP contribution in [0.5, 0.6) is 0 Å². The van der Waals surface area contributed by atoms with Crippen LogP contribution < -0.4 is 11.1 Å². The maximum Gasteiger partial charge on any atom is 0.220 e. The molecular formula is C14H27ClN2O. The van der Waals surface area contributed by atoms with Gasteiger partial charge in [0, 0.05) is 19.0 Å². The summed E-state index contributed by atoms with van der Waals surface area (Å²) in [6, 6.07) is 0.239. The fourth-order valence-electron chi connectivity index (χ4n) is 3.14. The molecule has 0 saturated heterocycles. The lowest BCUT2D eigenvalue weighted by Crippen LogP contribution is -2.42. The number of rotatable bonds is 5. The van der Waals surface area contributed by atoms with Crippen LogP contribution in [0.4, 0.5) is 0 Å². The number of amides is 1. The van der Waals surface area contributed by atoms with E-state index in [1.807, 2.05) is 0 Å². The average molecular weight is 275 g/mol. The molecule has 106 valence electrons. The van der Waals surface area contributed by atoms with E-state index in [4.69, 9.17) is 5.73 Å². The number of carbonyl (C=O) groups is 1. The smallest absolute Gasteiger partial charge is 0.220 e. The minimum absolute atomic E-state index is 0. The minimum atomic E-state index is 0. The van der Waals surface area contributed by atoms with Crippen LogP contribution in [0.25, 0.3) is 0 Å². The molecule has 3 N–H and O–H groups in total. The van der Waals surface area contributed by atoms with Gasteiger partial charge in [-0.15, -0.1) is 12.4 Å². The van der Waals surface area contributed by atoms with Crippen molar-refractivity contribution in [2.24, 2.45) is 23.5 Å². The van der Waals surface area contributed by atoms with Crippen LogP contribution in [0.15, 0.2) is 0 Å². The molecule has 3 atom stereocenters. The van der Waals surface area contributed by atoms with Crippen molar-refractivity contribution in [1.29, 1.82) is 0 Å². The molecular weight excluding hydrogens is 248 g/mol. The Hall–Kier alpha value is -0.280. The molecule has 4 heteroatoms. The fourth-order valence-corrected chi connectivity index (χ4v) is 3.14. The van der Waals surface area contributed by atoms with E-state index in [0.717, 1.165) is 5.92 Å². The summed E-state index contributed by atoms with van der Waals surface area (Å²) < 4.78 is 0. The van der Waals surface area contributed by atoms with E-state index in [9.17, 15) is 4.79 Å². The number of hydrogen-bond donors (Lipinski definition) is 2. The molecule has 0 aliphatic heterocycles. The second-order valence-electron chi connectivity index (χ2n) is 6.09. The topological polar surface area (TPSA) is 55.1 Å². The highest BCUT2D eigenvalue weighted by atomic mass is 35.5. The maximum atomic E-state index is 12.0. The zero-order valence-electron chi connectivity index (χ0n) is 11.4. The molecule has 2 aliphatic rings. The highest BCUT2D eigenvalue weighted by Crippen LogP contribution is 2.33. The van der Waals surface area contributed by atoms with Gasteiger partial charge in [-0.2, -0.15) is 0 Å². The normalized spacial score (nSPS) is 29.2. The van der Waals surface area contributed by atoms with Gasteiger partial charge in [0.15, 0.2) is 0 Å². The first-order valence-corrected chi connectivity index (χ1v) is 7.18. The van der Waals surface area contributed by atoms with Crippen LogP contribution in [-0.4, -0.2) is 18.5 Å². The highest BCUT2D eigenvalue weighted by molar-refractivity contribution is 5.85. The fraction of sp³-hybridized carbons (Fsp3) is 0.929. The van der Waals surface area contributed by atoms with Gasteiger partial charge in [-0.05, 0) is 43.4 Å². The van der Waals surface area contributed by atoms with Gasteiger partial charge >= 0.3 is 0 Å². The van der Waals surface area contributed by atoms with Gasteiger partial charge in [-0.25, -0.2) is 0 Å². The zero-order valence-corrected chi connectivity index (χ0v) is 12.2. The highest BCUT2D eigenvalue weighted by Gasteiger charge is 2.31. The third kappa shape index (κ3) is 4.77. The van der Waals surface area contributed by atoms with Crippen molar-refractivity contribution in [1.82, 2.24) is 5.32 Å². The quantitative estimate of drug-likeness (QED) is 0.809. The van der Waals surface area contributed by atoms with Gasteiger partial charge in [-0.3, -0.25) is 4.79 Å². The van der Waals surface area contributed by atoms with Crippen molar-refractivity contribution in [3.05, 3.63) is 0 Å². The number of carbonyl (C=O) groups excluding carboxylic acids is 1. The van der Waals surface area contributed by atoms with E-state index in [2.05, 4.69) is 12.2 Å². The summed E-state index contributed by atoms with van der Waals surface area (Å²) in [5.74, 6) is 2.30. The van der Waals surface area contributed by atoms with Gasteiger partial charge in [0.2, 0.25) is 5.91 Å². The zero-order chi connectivity index (χ0) is 12.3. The van der Waals surface area contributed by atoms with Gasteiger partial charge in [0.05, 0.1) is 0 Å². The molecule has 2 saturated carbocycles. The molecule has 0 bridgehead atoms. The summed E-state index contributed by atoms with van der Waals surface area (Å²) in [6.07, 6.45) is 8.28. The molecule has 0 aromatic heterocycles. The Bertz CT molecular complexity index is 269. The van der Waals surface area contributed by atoms with Gasteiger partial charge < -0.3 is 11.1 Å². The molecule has 0 spiro atoms. The van der Waals surface area contributed by atoms with Crippen LogP contribution >= 0.6 is 12.4 Å². The summed E-state index contributed by atoms with van der Waals surface area (Å²) >= 11 is 0. The van der Waals surface area contributed by atoms with Crippen LogP contribution in [0.1, 0.15) is 51.9 Å². The minimum Gasteiger partial charge on any atom is -0.352 e. The summed E-state index contributed by atoms with van der Waals surface area (Å²) in [6.45, 7) is 2.90. The van der Waals surface area contributed by atoms with E-state index in [0.29, 0.717) is 24.8 Å². The second kappa shape index (κ2) is 7.34. The van der Waals surface area contributed by atoms with E-state index in [-0.39, 0.29) is 24.4 Å². The van der Waals surface area contributed by atoms with Crippen molar-refractivity contribution in [3.63, 3.8) is 0 Å². The van der Waals surface area contributed by atoms with Crippen LogP contribution in [0.3, 0.4) is 0 Å². The Morgan fingerprint density at radius 3 is 2.61 bits per heavy atom. The molecule has 2 rings (SSSR count). The molecule has 1 amide bonds. The lowest BCUT2D eigenvalue weighted by atomic mass is 9.80. The first kappa shape index (κ1) is 15.8. The molecule has 2 aliphatic carbocycles. The number of nitrogens with two attached hydrogens (primary N) is 1. The number of nitrogens with one attached hydrogen (secondary N) is 1. The van der Waals surface area contributed by atoms with Crippen LogP contribution in [-0.2, 0) is 4.79 Å². The third-order valence-electron chi connectivity index (χ3n) is 4.31. The first-order chi connectivity index (χ1) is 8.19. The maximum absolute atomic E-state index is 12.0. The summed E-state index contributed by atoms with van der Waals surface area (Å²) in [7, 11) is 0. The lowest BCUT2D eigenvalue weighted by molar-refractivity contribution is -0.123. The summed E-state index contributed by atoms with van der Waals surface area (Å²) in [5.41, 5.74) is 5.70. The predicted octanol–water partition coefficient (Wildman–Crippen LogP) is 2.48. The standard InChI is InChI=1S/C14H26N2O.ClH/c1-10-3-2-4-11(7-10)8-14(17)16-13(9-15)12-5-6-12;/h10-13H,2-9,15H2,1H3,(H,16,17);1H. The molecule has 0 heterocycles. The monoisotopic (exact) mass is 274 g/mol. The van der Waals surface area contributed by atoms with Crippen molar-refractivity contribution in [2.45, 2.75) is 57.9 Å². The second-order valence-corrected chi connectivity index (χ2v) is 6.09.